The fourth-order valence-corrected chi connectivity index (χ4v) is 3.90. The first-order valence-corrected chi connectivity index (χ1v) is 8.63. The number of fused-ring (bicyclic) bond motifs is 1. The smallest absolute Gasteiger partial charge is 0.405 e. The van der Waals surface area contributed by atoms with Gasteiger partial charge in [0.05, 0.1) is 0 Å². The summed E-state index contributed by atoms with van der Waals surface area (Å²) in [6, 6.07) is 15.4. The van der Waals surface area contributed by atoms with Crippen molar-refractivity contribution in [2.75, 3.05) is 0 Å². The predicted molar refractivity (Wildman–Crippen MR) is 94.7 cm³/mol. The predicted octanol–water partition coefficient (Wildman–Crippen LogP) is 4.95. The molecule has 24 heavy (non-hydrogen) atoms. The summed E-state index contributed by atoms with van der Waals surface area (Å²) in [6.07, 6.45) is 2.56. The Morgan fingerprint density at radius 2 is 1.75 bits per heavy atom. The SMILES string of the molecule is CC1(C)Cc2cc(-c3ccc(C4CC4)cc3)ccc2C1OC(N)=O. The van der Waals surface area contributed by atoms with Gasteiger partial charge in [0.15, 0.2) is 0 Å². The first-order chi connectivity index (χ1) is 11.4. The molecule has 2 aromatic carbocycles. The van der Waals surface area contributed by atoms with Crippen molar-refractivity contribution in [2.24, 2.45) is 11.1 Å². The molecule has 0 radical (unpaired) electrons. The maximum absolute atomic E-state index is 11.2. The largest absolute Gasteiger partial charge is 0.441 e. The van der Waals surface area contributed by atoms with Crippen LogP contribution in [0.4, 0.5) is 4.79 Å². The van der Waals surface area contributed by atoms with Gasteiger partial charge in [0, 0.05) is 5.41 Å². The van der Waals surface area contributed by atoms with Crippen LogP contribution in [0, 0.1) is 5.41 Å². The summed E-state index contributed by atoms with van der Waals surface area (Å²) < 4.78 is 5.39. The van der Waals surface area contributed by atoms with Crippen molar-refractivity contribution in [1.82, 2.24) is 0 Å². The lowest BCUT2D eigenvalue weighted by molar-refractivity contribution is 0.0392. The number of amides is 1. The molecule has 3 nitrogen and oxygen atoms in total. The van der Waals surface area contributed by atoms with Crippen LogP contribution in [-0.4, -0.2) is 6.09 Å². The molecule has 1 unspecified atom stereocenters. The number of carbonyl (C=O) groups excluding carboxylic acids is 1. The monoisotopic (exact) mass is 321 g/mol. The quantitative estimate of drug-likeness (QED) is 0.869. The Morgan fingerprint density at radius 1 is 1.08 bits per heavy atom. The summed E-state index contributed by atoms with van der Waals surface area (Å²) in [7, 11) is 0. The lowest BCUT2D eigenvalue weighted by Gasteiger charge is -2.26. The van der Waals surface area contributed by atoms with Gasteiger partial charge in [-0.15, -0.1) is 0 Å². The second-order valence-corrected chi connectivity index (χ2v) is 7.79. The highest BCUT2D eigenvalue weighted by Gasteiger charge is 2.41. The molecule has 1 saturated carbocycles. The Bertz CT molecular complexity index is 788. The van der Waals surface area contributed by atoms with Crippen LogP contribution in [0.25, 0.3) is 11.1 Å². The Hall–Kier alpha value is -2.29. The van der Waals surface area contributed by atoms with Crippen LogP contribution in [0.1, 0.15) is 55.4 Å². The molecule has 1 amide bonds. The average Bonchev–Trinajstić information content (AvgIpc) is 3.34. The summed E-state index contributed by atoms with van der Waals surface area (Å²) in [5, 5.41) is 0. The van der Waals surface area contributed by atoms with Gasteiger partial charge in [-0.2, -0.15) is 0 Å². The number of benzene rings is 2. The minimum Gasteiger partial charge on any atom is -0.441 e. The van der Waals surface area contributed by atoms with Crippen LogP contribution in [-0.2, 0) is 11.2 Å². The van der Waals surface area contributed by atoms with Crippen molar-refractivity contribution in [1.29, 1.82) is 0 Å². The fraction of sp³-hybridized carbons (Fsp3) is 0.381. The van der Waals surface area contributed by atoms with E-state index in [4.69, 9.17) is 10.5 Å². The van der Waals surface area contributed by atoms with E-state index in [0.717, 1.165) is 17.9 Å². The number of hydrogen-bond donors (Lipinski definition) is 1. The highest BCUT2D eigenvalue weighted by molar-refractivity contribution is 5.68. The van der Waals surface area contributed by atoms with E-state index in [1.54, 1.807) is 0 Å². The average molecular weight is 321 g/mol. The molecule has 2 aromatic rings. The second-order valence-electron chi connectivity index (χ2n) is 7.79. The van der Waals surface area contributed by atoms with E-state index in [1.165, 1.54) is 35.1 Å². The lowest BCUT2D eigenvalue weighted by atomic mass is 9.87. The molecule has 0 aromatic heterocycles. The second kappa shape index (κ2) is 5.37. The standard InChI is InChI=1S/C21H23NO2/c1-21(2)12-17-11-16(9-10-18(17)19(21)24-20(22)23)15-7-5-14(6-8-15)13-3-4-13/h5-11,13,19H,3-4,12H2,1-2H3,(H2,22,23). The molecule has 2 N–H and O–H groups in total. The Balaban J connectivity index is 1.65. The van der Waals surface area contributed by atoms with Gasteiger partial charge in [-0.1, -0.05) is 56.3 Å². The lowest BCUT2D eigenvalue weighted by Crippen LogP contribution is -2.25. The molecular formula is C21H23NO2. The van der Waals surface area contributed by atoms with Crippen molar-refractivity contribution >= 4 is 6.09 Å². The van der Waals surface area contributed by atoms with Gasteiger partial charge in [-0.05, 0) is 53.0 Å². The van der Waals surface area contributed by atoms with E-state index in [9.17, 15) is 4.79 Å². The van der Waals surface area contributed by atoms with Crippen LogP contribution >= 0.6 is 0 Å². The number of nitrogens with two attached hydrogens (primary N) is 1. The van der Waals surface area contributed by atoms with Gasteiger partial charge in [0.2, 0.25) is 0 Å². The zero-order chi connectivity index (χ0) is 16.9. The molecule has 0 aliphatic heterocycles. The summed E-state index contributed by atoms with van der Waals surface area (Å²) >= 11 is 0. The minimum absolute atomic E-state index is 0.133. The van der Waals surface area contributed by atoms with Crippen molar-refractivity contribution < 1.29 is 9.53 Å². The Morgan fingerprint density at radius 3 is 2.38 bits per heavy atom. The maximum Gasteiger partial charge on any atom is 0.405 e. The third-order valence-corrected chi connectivity index (χ3v) is 5.31. The molecule has 4 rings (SSSR count). The summed E-state index contributed by atoms with van der Waals surface area (Å²) in [6.45, 7) is 4.23. The number of primary amides is 1. The number of rotatable bonds is 3. The first-order valence-electron chi connectivity index (χ1n) is 8.63. The molecule has 3 heteroatoms. The highest BCUT2D eigenvalue weighted by Crippen LogP contribution is 2.48. The van der Waals surface area contributed by atoms with Gasteiger partial charge in [-0.3, -0.25) is 0 Å². The zero-order valence-electron chi connectivity index (χ0n) is 14.2. The first kappa shape index (κ1) is 15.3. The van der Waals surface area contributed by atoms with Crippen molar-refractivity contribution in [3.63, 3.8) is 0 Å². The molecule has 2 aliphatic carbocycles. The van der Waals surface area contributed by atoms with Crippen molar-refractivity contribution in [3.8, 4) is 11.1 Å². The number of hydrogen-bond acceptors (Lipinski definition) is 2. The fourth-order valence-electron chi connectivity index (χ4n) is 3.90. The van der Waals surface area contributed by atoms with Gasteiger partial charge in [-0.25, -0.2) is 4.79 Å². The summed E-state index contributed by atoms with van der Waals surface area (Å²) in [5.41, 5.74) is 11.4. The molecule has 0 bridgehead atoms. The third kappa shape index (κ3) is 2.68. The van der Waals surface area contributed by atoms with Crippen molar-refractivity contribution in [2.45, 2.75) is 45.1 Å². The Kier molecular flexibility index (Phi) is 3.41. The molecule has 1 fully saturated rings. The Labute approximate surface area is 142 Å². The van der Waals surface area contributed by atoms with Crippen LogP contribution in [0.5, 0.6) is 0 Å². The van der Waals surface area contributed by atoms with E-state index in [0.29, 0.717) is 0 Å². The molecule has 1 atom stereocenters. The van der Waals surface area contributed by atoms with E-state index in [-0.39, 0.29) is 11.5 Å². The van der Waals surface area contributed by atoms with Crippen LogP contribution in [0.2, 0.25) is 0 Å². The number of carbonyl (C=O) groups is 1. The van der Waals surface area contributed by atoms with E-state index in [1.807, 2.05) is 0 Å². The van der Waals surface area contributed by atoms with E-state index >= 15 is 0 Å². The zero-order valence-corrected chi connectivity index (χ0v) is 14.2. The summed E-state index contributed by atoms with van der Waals surface area (Å²) in [5.74, 6) is 0.784. The maximum atomic E-state index is 11.2. The van der Waals surface area contributed by atoms with Crippen LogP contribution < -0.4 is 5.73 Å². The van der Waals surface area contributed by atoms with Gasteiger partial charge < -0.3 is 10.5 Å². The summed E-state index contributed by atoms with van der Waals surface area (Å²) in [4.78, 5) is 11.2. The number of ether oxygens (including phenoxy) is 1. The topological polar surface area (TPSA) is 52.3 Å². The van der Waals surface area contributed by atoms with Gasteiger partial charge in [0.1, 0.15) is 6.10 Å². The van der Waals surface area contributed by atoms with E-state index in [2.05, 4.69) is 56.3 Å². The highest BCUT2D eigenvalue weighted by atomic mass is 16.6. The minimum atomic E-state index is -0.708. The normalized spacial score (nSPS) is 21.3. The van der Waals surface area contributed by atoms with Crippen molar-refractivity contribution in [3.05, 3.63) is 59.2 Å². The molecule has 0 spiro atoms. The van der Waals surface area contributed by atoms with Gasteiger partial charge >= 0.3 is 6.09 Å². The molecular weight excluding hydrogens is 298 g/mol. The third-order valence-electron chi connectivity index (χ3n) is 5.31. The molecule has 2 aliphatic rings. The van der Waals surface area contributed by atoms with Gasteiger partial charge in [0.25, 0.3) is 0 Å². The van der Waals surface area contributed by atoms with Crippen LogP contribution in [0.15, 0.2) is 42.5 Å². The molecule has 0 saturated heterocycles. The molecule has 0 heterocycles. The molecule has 124 valence electrons. The van der Waals surface area contributed by atoms with Crippen LogP contribution in [0.3, 0.4) is 0 Å². The van der Waals surface area contributed by atoms with E-state index < -0.39 is 6.09 Å².